The molecule has 2 heterocycles. The summed E-state index contributed by atoms with van der Waals surface area (Å²) in [5.74, 6) is 0.527. The van der Waals surface area contributed by atoms with Crippen LogP contribution in [0.2, 0.25) is 0 Å². The number of pyridine rings is 1. The highest BCUT2D eigenvalue weighted by Gasteiger charge is 2.30. The second kappa shape index (κ2) is 10.5. The van der Waals surface area contributed by atoms with Gasteiger partial charge in [0.15, 0.2) is 0 Å². The van der Waals surface area contributed by atoms with Crippen LogP contribution >= 0.6 is 0 Å². The van der Waals surface area contributed by atoms with Gasteiger partial charge in [0, 0.05) is 19.3 Å². The van der Waals surface area contributed by atoms with E-state index in [0.717, 1.165) is 30.4 Å². The number of hydrogen-bond donors (Lipinski definition) is 0. The number of carbonyl (C=O) groups is 2. The first-order valence-corrected chi connectivity index (χ1v) is 11.2. The molecule has 0 saturated carbocycles. The van der Waals surface area contributed by atoms with E-state index in [2.05, 4.69) is 4.98 Å². The maximum Gasteiger partial charge on any atom is 0.415 e. The molecule has 1 saturated heterocycles. The lowest BCUT2D eigenvalue weighted by Gasteiger charge is -2.35. The Kier molecular flexibility index (Phi) is 7.72. The molecule has 0 radical (unpaired) electrons. The van der Waals surface area contributed by atoms with Crippen LogP contribution in [0.1, 0.15) is 64.1 Å². The average Bonchev–Trinajstić information content (AvgIpc) is 2.78. The van der Waals surface area contributed by atoms with Crippen LogP contribution in [0.4, 0.5) is 15.4 Å². The van der Waals surface area contributed by atoms with Gasteiger partial charge in [-0.05, 0) is 64.2 Å². The predicted molar refractivity (Wildman–Crippen MR) is 123 cm³/mol. The number of amides is 2. The second-order valence-electron chi connectivity index (χ2n) is 8.92. The van der Waals surface area contributed by atoms with E-state index in [9.17, 15) is 9.59 Å². The van der Waals surface area contributed by atoms with Crippen LogP contribution in [0, 0.1) is 0 Å². The molecule has 0 aliphatic carbocycles. The number of ether oxygens (including phenoxy) is 2. The molecule has 0 N–H and O–H groups in total. The molecule has 1 aliphatic rings. The molecular weight excluding hydrogens is 406 g/mol. The van der Waals surface area contributed by atoms with Crippen molar-refractivity contribution in [1.29, 1.82) is 0 Å². The van der Waals surface area contributed by atoms with Crippen LogP contribution in [-0.2, 0) is 16.1 Å². The van der Waals surface area contributed by atoms with E-state index in [1.165, 1.54) is 4.90 Å². The Morgan fingerprint density at radius 2 is 1.88 bits per heavy atom. The quantitative estimate of drug-likeness (QED) is 0.597. The molecule has 2 aromatic rings. The molecule has 3 rings (SSSR count). The van der Waals surface area contributed by atoms with E-state index < -0.39 is 11.7 Å². The third kappa shape index (κ3) is 6.22. The summed E-state index contributed by atoms with van der Waals surface area (Å²) in [7, 11) is 0. The number of likely N-dealkylation sites (tertiary alicyclic amines) is 1. The maximum absolute atomic E-state index is 12.8. The van der Waals surface area contributed by atoms with Crippen molar-refractivity contribution in [3.63, 3.8) is 0 Å². The van der Waals surface area contributed by atoms with Crippen LogP contribution in [0.5, 0.6) is 0 Å². The van der Waals surface area contributed by atoms with Crippen LogP contribution < -0.4 is 4.90 Å². The highest BCUT2D eigenvalue weighted by atomic mass is 16.6. The van der Waals surface area contributed by atoms with Gasteiger partial charge in [-0.3, -0.25) is 4.90 Å². The molecule has 2 amide bonds. The average molecular weight is 440 g/mol. The van der Waals surface area contributed by atoms with E-state index in [0.29, 0.717) is 18.9 Å². The minimum atomic E-state index is -0.576. The normalized spacial score (nSPS) is 16.4. The summed E-state index contributed by atoms with van der Waals surface area (Å²) in [5.41, 5.74) is 1.32. The smallest absolute Gasteiger partial charge is 0.415 e. The zero-order chi connectivity index (χ0) is 23.1. The molecule has 0 spiro atoms. The fourth-order valence-electron chi connectivity index (χ4n) is 3.75. The first kappa shape index (κ1) is 23.6. The number of piperidine rings is 1. The van der Waals surface area contributed by atoms with E-state index in [4.69, 9.17) is 9.47 Å². The summed E-state index contributed by atoms with van der Waals surface area (Å²) in [5, 5.41) is 0. The molecule has 0 bridgehead atoms. The molecular formula is C25H33N3O4. The first-order valence-electron chi connectivity index (χ1n) is 11.2. The summed E-state index contributed by atoms with van der Waals surface area (Å²) in [4.78, 5) is 33.1. The summed E-state index contributed by atoms with van der Waals surface area (Å²) >= 11 is 0. The summed E-state index contributed by atoms with van der Waals surface area (Å²) < 4.78 is 11.1. The fourth-order valence-corrected chi connectivity index (χ4v) is 3.75. The van der Waals surface area contributed by atoms with Gasteiger partial charge in [-0.1, -0.05) is 36.4 Å². The standard InChI is InChI=1S/C25H33N3O4/c1-5-27(24(30)32-25(2,3)4)22-15-14-20(17-26-22)21-13-9-10-16-28(21)23(29)31-18-19-11-7-6-8-12-19/h6-8,11-12,14-15,17,21H,5,9-10,13,16,18H2,1-4H3/t21-/m1/s1. The van der Waals surface area contributed by atoms with Crippen molar-refractivity contribution in [3.8, 4) is 0 Å². The van der Waals surface area contributed by atoms with Crippen LogP contribution in [-0.4, -0.2) is 40.8 Å². The molecule has 0 unspecified atom stereocenters. The maximum atomic E-state index is 12.8. The Bertz CT molecular complexity index is 894. The third-order valence-electron chi connectivity index (χ3n) is 5.30. The van der Waals surface area contributed by atoms with Gasteiger partial charge in [0.25, 0.3) is 0 Å². The number of aromatic nitrogens is 1. The molecule has 7 heteroatoms. The Morgan fingerprint density at radius 1 is 1.12 bits per heavy atom. The molecule has 1 aromatic carbocycles. The molecule has 32 heavy (non-hydrogen) atoms. The fraction of sp³-hybridized carbons (Fsp3) is 0.480. The zero-order valence-corrected chi connectivity index (χ0v) is 19.4. The topological polar surface area (TPSA) is 72.0 Å². The van der Waals surface area contributed by atoms with Gasteiger partial charge in [-0.15, -0.1) is 0 Å². The monoisotopic (exact) mass is 439 g/mol. The third-order valence-corrected chi connectivity index (χ3v) is 5.30. The number of anilines is 1. The van der Waals surface area contributed by atoms with E-state index in [1.54, 1.807) is 11.1 Å². The van der Waals surface area contributed by atoms with Gasteiger partial charge in [0.05, 0.1) is 6.04 Å². The van der Waals surface area contributed by atoms with E-state index >= 15 is 0 Å². The van der Waals surface area contributed by atoms with Crippen molar-refractivity contribution < 1.29 is 19.1 Å². The van der Waals surface area contributed by atoms with Gasteiger partial charge in [0.1, 0.15) is 18.0 Å². The number of rotatable bonds is 5. The summed E-state index contributed by atoms with van der Waals surface area (Å²) in [6, 6.07) is 13.3. The lowest BCUT2D eigenvalue weighted by Crippen LogP contribution is -2.39. The SMILES string of the molecule is CCN(C(=O)OC(C)(C)C)c1ccc([C@H]2CCCCN2C(=O)OCc2ccccc2)cn1. The zero-order valence-electron chi connectivity index (χ0n) is 19.4. The van der Waals surface area contributed by atoms with Crippen molar-refractivity contribution in [3.05, 3.63) is 59.8 Å². The largest absolute Gasteiger partial charge is 0.445 e. The number of hydrogen-bond acceptors (Lipinski definition) is 5. The van der Waals surface area contributed by atoms with Crippen molar-refractivity contribution in [2.75, 3.05) is 18.0 Å². The van der Waals surface area contributed by atoms with Crippen molar-refractivity contribution in [2.45, 2.75) is 65.2 Å². The second-order valence-corrected chi connectivity index (χ2v) is 8.92. The Labute approximate surface area is 190 Å². The van der Waals surface area contributed by atoms with Crippen molar-refractivity contribution >= 4 is 18.0 Å². The molecule has 1 atom stereocenters. The number of carbonyl (C=O) groups excluding carboxylic acids is 2. The van der Waals surface area contributed by atoms with Crippen molar-refractivity contribution in [1.82, 2.24) is 9.88 Å². The molecule has 1 aliphatic heterocycles. The van der Waals surface area contributed by atoms with Gasteiger partial charge in [-0.25, -0.2) is 14.6 Å². The Hall–Kier alpha value is -3.09. The predicted octanol–water partition coefficient (Wildman–Crippen LogP) is 5.71. The lowest BCUT2D eigenvalue weighted by atomic mass is 9.97. The first-order chi connectivity index (χ1) is 15.3. The lowest BCUT2D eigenvalue weighted by molar-refractivity contribution is 0.0581. The van der Waals surface area contributed by atoms with Crippen LogP contribution in [0.3, 0.4) is 0 Å². The molecule has 172 valence electrons. The van der Waals surface area contributed by atoms with Gasteiger partial charge in [-0.2, -0.15) is 0 Å². The minimum Gasteiger partial charge on any atom is -0.445 e. The summed E-state index contributed by atoms with van der Waals surface area (Å²) in [6.07, 6.45) is 3.84. The molecule has 1 aromatic heterocycles. The highest BCUT2D eigenvalue weighted by Crippen LogP contribution is 2.32. The van der Waals surface area contributed by atoms with Gasteiger partial charge >= 0.3 is 12.2 Å². The highest BCUT2D eigenvalue weighted by molar-refractivity contribution is 5.86. The summed E-state index contributed by atoms with van der Waals surface area (Å²) in [6.45, 7) is 8.74. The number of benzene rings is 1. The van der Waals surface area contributed by atoms with Crippen LogP contribution in [0.15, 0.2) is 48.7 Å². The minimum absolute atomic E-state index is 0.0924. The van der Waals surface area contributed by atoms with Gasteiger partial charge < -0.3 is 14.4 Å². The van der Waals surface area contributed by atoms with Gasteiger partial charge in [0.2, 0.25) is 0 Å². The number of nitrogens with zero attached hydrogens (tertiary/aromatic N) is 3. The molecule has 1 fully saturated rings. The van der Waals surface area contributed by atoms with Crippen molar-refractivity contribution in [2.24, 2.45) is 0 Å². The molecule has 7 nitrogen and oxygen atoms in total. The Morgan fingerprint density at radius 3 is 2.50 bits per heavy atom. The Balaban J connectivity index is 1.69. The van der Waals surface area contributed by atoms with Crippen LogP contribution in [0.25, 0.3) is 0 Å². The van der Waals surface area contributed by atoms with E-state index in [-0.39, 0.29) is 18.7 Å². The van der Waals surface area contributed by atoms with E-state index in [1.807, 2.05) is 70.2 Å².